The molecule has 0 rings (SSSR count). The van der Waals surface area contributed by atoms with Crippen molar-refractivity contribution < 1.29 is 136 Å². The minimum Gasteiger partial charge on any atom is -0.756 e. The second kappa shape index (κ2) is 18.3. The number of rotatable bonds is 9. The first-order valence-electron chi connectivity index (χ1n) is 6.25. The summed E-state index contributed by atoms with van der Waals surface area (Å²) in [6, 6.07) is 0.681. The molecule has 23 heavy (non-hydrogen) atoms. The van der Waals surface area contributed by atoms with Crippen molar-refractivity contribution in [2.24, 2.45) is 0 Å². The van der Waals surface area contributed by atoms with Crippen molar-refractivity contribution in [1.82, 2.24) is 4.90 Å². The van der Waals surface area contributed by atoms with Gasteiger partial charge in [-0.15, -0.1) is 13.2 Å². The number of phosphoric acid groups is 2. The van der Waals surface area contributed by atoms with E-state index in [1.165, 1.54) is 12.8 Å². The molecular weight excluding hydrogens is 398 g/mol. The molecule has 0 bridgehead atoms. The fourth-order valence-corrected chi connectivity index (χ4v) is 2.68. The Morgan fingerprint density at radius 3 is 1.48 bits per heavy atom. The second-order valence-electron chi connectivity index (χ2n) is 4.02. The van der Waals surface area contributed by atoms with Crippen molar-refractivity contribution in [1.29, 1.82) is 0 Å². The first-order chi connectivity index (χ1) is 9.50. The molecule has 0 radical (unpaired) electrons. The van der Waals surface area contributed by atoms with Crippen molar-refractivity contribution in [3.8, 4) is 0 Å². The molecule has 0 spiro atoms. The van der Waals surface area contributed by atoms with Crippen LogP contribution in [-0.4, -0.2) is 33.8 Å². The van der Waals surface area contributed by atoms with Crippen LogP contribution in [0.25, 0.3) is 0 Å². The summed E-state index contributed by atoms with van der Waals surface area (Å²) in [5, 5.41) is 0. The standard InChI is InChI=1S/C11H21N.2K.H4O7P2/c1-5-9-12(10-6-2)11(7-3)8-4;;;1-8(2,3)7-9(4,5)6/h5-6,11H,1-2,7-10H2,3-4H3;;;(H2,1,2,3)(H2,4,5,6)/q;2*+1;/p-2. The summed E-state index contributed by atoms with van der Waals surface area (Å²) in [5.74, 6) is 0. The van der Waals surface area contributed by atoms with Crippen LogP contribution in [0, 0.1) is 0 Å². The molecule has 0 saturated carbocycles. The van der Waals surface area contributed by atoms with Gasteiger partial charge in [-0.05, 0) is 12.8 Å². The Balaban J connectivity index is -0.000000149. The number of hydrogen-bond acceptors (Lipinski definition) is 6. The molecule has 0 heterocycles. The third-order valence-corrected chi connectivity index (χ3v) is 4.04. The van der Waals surface area contributed by atoms with Gasteiger partial charge in [-0.1, -0.05) is 26.0 Å². The van der Waals surface area contributed by atoms with E-state index in [-0.39, 0.29) is 103 Å². The van der Waals surface area contributed by atoms with E-state index in [0.29, 0.717) is 6.04 Å². The minimum absolute atomic E-state index is 0. The second-order valence-corrected chi connectivity index (χ2v) is 6.55. The zero-order chi connectivity index (χ0) is 17.1. The maximum atomic E-state index is 9.48. The van der Waals surface area contributed by atoms with E-state index in [1.54, 1.807) is 0 Å². The molecule has 0 aliphatic rings. The molecule has 12 heteroatoms. The number of nitrogens with zero attached hydrogens (tertiary/aromatic N) is 1. The predicted molar refractivity (Wildman–Crippen MR) is 77.1 cm³/mol. The summed E-state index contributed by atoms with van der Waals surface area (Å²) >= 11 is 0. The molecule has 0 fully saturated rings. The molecule has 2 unspecified atom stereocenters. The van der Waals surface area contributed by atoms with Crippen LogP contribution < -0.4 is 113 Å². The average Bonchev–Trinajstić information content (AvgIpc) is 2.27. The van der Waals surface area contributed by atoms with E-state index < -0.39 is 15.6 Å². The molecule has 0 aromatic heterocycles. The zero-order valence-electron chi connectivity index (χ0n) is 14.3. The molecule has 2 N–H and O–H groups in total. The Kier molecular flexibility index (Phi) is 26.8. The summed E-state index contributed by atoms with van der Waals surface area (Å²) in [7, 11) is -10.7. The maximum absolute atomic E-state index is 9.48. The fraction of sp³-hybridized carbons (Fsp3) is 0.636. The van der Waals surface area contributed by atoms with Gasteiger partial charge < -0.3 is 19.6 Å². The third-order valence-electron chi connectivity index (χ3n) is 2.39. The normalized spacial score (nSPS) is 15.1. The Morgan fingerprint density at radius 1 is 1.04 bits per heavy atom. The van der Waals surface area contributed by atoms with Gasteiger partial charge >= 0.3 is 103 Å². The van der Waals surface area contributed by atoms with Gasteiger partial charge in [0, 0.05) is 19.1 Å². The quantitative estimate of drug-likeness (QED) is 0.214. The summed E-state index contributed by atoms with van der Waals surface area (Å²) in [6.07, 6.45) is 6.33. The van der Waals surface area contributed by atoms with E-state index in [1.807, 2.05) is 12.2 Å². The van der Waals surface area contributed by atoms with Crippen LogP contribution in [0.15, 0.2) is 25.3 Å². The largest absolute Gasteiger partial charge is 1.00 e. The van der Waals surface area contributed by atoms with Crippen LogP contribution in [-0.2, 0) is 13.4 Å². The maximum Gasteiger partial charge on any atom is 1.00 e. The first-order valence-corrected chi connectivity index (χ1v) is 9.24. The Bertz CT molecular complexity index is 366. The van der Waals surface area contributed by atoms with Gasteiger partial charge in [0.15, 0.2) is 0 Å². The molecule has 2 atom stereocenters. The van der Waals surface area contributed by atoms with Crippen molar-refractivity contribution in [3.05, 3.63) is 25.3 Å². The van der Waals surface area contributed by atoms with Crippen LogP contribution in [0.3, 0.4) is 0 Å². The third kappa shape index (κ3) is 25.0. The Labute approximate surface area is 223 Å². The molecule has 0 aromatic rings. The van der Waals surface area contributed by atoms with Crippen LogP contribution in [0.4, 0.5) is 0 Å². The van der Waals surface area contributed by atoms with Crippen molar-refractivity contribution in [3.63, 3.8) is 0 Å². The van der Waals surface area contributed by atoms with E-state index in [0.717, 1.165) is 13.1 Å². The van der Waals surface area contributed by atoms with E-state index in [2.05, 4.69) is 36.2 Å². The molecule has 0 amide bonds. The minimum atomic E-state index is -5.36. The van der Waals surface area contributed by atoms with Crippen molar-refractivity contribution in [2.75, 3.05) is 13.1 Å². The van der Waals surface area contributed by atoms with Gasteiger partial charge in [-0.25, -0.2) is 4.31 Å². The summed E-state index contributed by atoms with van der Waals surface area (Å²) in [5.41, 5.74) is 0. The van der Waals surface area contributed by atoms with Gasteiger partial charge in [0.1, 0.15) is 0 Å². The van der Waals surface area contributed by atoms with Gasteiger partial charge in [-0.3, -0.25) is 14.0 Å². The summed E-state index contributed by atoms with van der Waals surface area (Å²) in [6.45, 7) is 13.9. The van der Waals surface area contributed by atoms with E-state index in [4.69, 9.17) is 9.79 Å². The van der Waals surface area contributed by atoms with Gasteiger partial charge in [0.2, 0.25) is 0 Å². The predicted octanol–water partition coefficient (Wildman–Crippen LogP) is -5.22. The molecule has 0 aromatic carbocycles. The first kappa shape index (κ1) is 33.5. The topological polar surface area (TPSA) is 133 Å². The molecule has 0 aliphatic carbocycles. The molecule has 0 saturated heterocycles. The van der Waals surface area contributed by atoms with Crippen molar-refractivity contribution >= 4 is 15.6 Å². The molecular formula is C11H23K2NO7P2. The van der Waals surface area contributed by atoms with Crippen LogP contribution in [0.2, 0.25) is 0 Å². The average molecular weight is 421 g/mol. The van der Waals surface area contributed by atoms with Gasteiger partial charge in [0.25, 0.3) is 15.6 Å². The Hall–Kier alpha value is 2.97. The summed E-state index contributed by atoms with van der Waals surface area (Å²) < 4.78 is 21.7. The molecule has 8 nitrogen and oxygen atoms in total. The molecule has 126 valence electrons. The zero-order valence-corrected chi connectivity index (χ0v) is 22.3. The number of hydrogen-bond donors (Lipinski definition) is 2. The van der Waals surface area contributed by atoms with Crippen LogP contribution in [0.1, 0.15) is 26.7 Å². The van der Waals surface area contributed by atoms with E-state index in [9.17, 15) is 18.9 Å². The van der Waals surface area contributed by atoms with Gasteiger partial charge in [-0.2, -0.15) is 0 Å². The van der Waals surface area contributed by atoms with Crippen LogP contribution >= 0.6 is 15.6 Å². The summed E-state index contributed by atoms with van der Waals surface area (Å²) in [4.78, 5) is 36.6. The van der Waals surface area contributed by atoms with Crippen molar-refractivity contribution in [2.45, 2.75) is 32.7 Å². The van der Waals surface area contributed by atoms with Crippen LogP contribution in [0.5, 0.6) is 0 Å². The smallest absolute Gasteiger partial charge is 0.756 e. The Morgan fingerprint density at radius 2 is 1.35 bits per heavy atom. The monoisotopic (exact) mass is 421 g/mol. The molecule has 0 aliphatic heterocycles. The van der Waals surface area contributed by atoms with Gasteiger partial charge in [0.05, 0.1) is 0 Å². The fourth-order valence-electron chi connectivity index (χ4n) is 1.64. The SMILES string of the molecule is C=CCN(CC=C)C(CC)CC.O=P([O-])(O)OP(=O)([O-])O.[K+].[K+]. The van der Waals surface area contributed by atoms with E-state index >= 15 is 0 Å².